The predicted molar refractivity (Wildman–Crippen MR) is 87.8 cm³/mol. The van der Waals surface area contributed by atoms with Crippen molar-refractivity contribution in [2.45, 2.75) is 45.9 Å². The van der Waals surface area contributed by atoms with Crippen LogP contribution in [0.4, 0.5) is 5.95 Å². The van der Waals surface area contributed by atoms with E-state index in [9.17, 15) is 9.90 Å². The summed E-state index contributed by atoms with van der Waals surface area (Å²) in [5, 5.41) is 15.5. The molecule has 2 rings (SSSR count). The van der Waals surface area contributed by atoms with Crippen LogP contribution in [0.25, 0.3) is 11.0 Å². The highest BCUT2D eigenvalue weighted by Crippen LogP contribution is 2.19. The minimum Gasteiger partial charge on any atom is -0.392 e. The maximum absolute atomic E-state index is 12.2. The molecule has 2 aromatic rings. The molecule has 6 heteroatoms. The van der Waals surface area contributed by atoms with E-state index in [1.54, 1.807) is 6.92 Å². The van der Waals surface area contributed by atoms with E-state index in [2.05, 4.69) is 15.6 Å². The van der Waals surface area contributed by atoms with Crippen LogP contribution in [0.1, 0.15) is 27.7 Å². The molecule has 1 aromatic carbocycles. The van der Waals surface area contributed by atoms with Crippen molar-refractivity contribution in [2.24, 2.45) is 0 Å². The average Bonchev–Trinajstić information content (AvgIpc) is 2.72. The summed E-state index contributed by atoms with van der Waals surface area (Å²) in [5.74, 6) is 0.516. The van der Waals surface area contributed by atoms with Crippen molar-refractivity contribution in [1.82, 2.24) is 14.9 Å². The van der Waals surface area contributed by atoms with Gasteiger partial charge in [-0.15, -0.1) is 0 Å². The fraction of sp³-hybridized carbons (Fsp3) is 0.500. The lowest BCUT2D eigenvalue weighted by Gasteiger charge is -2.21. The molecule has 0 aliphatic heterocycles. The predicted octanol–water partition coefficient (Wildman–Crippen LogP) is 1.74. The highest BCUT2D eigenvalue weighted by Gasteiger charge is 2.17. The molecule has 0 aliphatic carbocycles. The zero-order chi connectivity index (χ0) is 16.3. The molecule has 1 aromatic heterocycles. The van der Waals surface area contributed by atoms with E-state index >= 15 is 0 Å². The maximum atomic E-state index is 12.2. The van der Waals surface area contributed by atoms with Crippen molar-refractivity contribution in [3.63, 3.8) is 0 Å². The minimum absolute atomic E-state index is 0.0734. The van der Waals surface area contributed by atoms with Crippen LogP contribution in [-0.2, 0) is 11.3 Å². The zero-order valence-corrected chi connectivity index (χ0v) is 13.6. The molecular formula is C16H24N4O2. The SMILES string of the molecule is CC(O)CNc1nc2ccccc2n1CC(=O)NC(C)(C)C. The lowest BCUT2D eigenvalue weighted by atomic mass is 10.1. The number of fused-ring (bicyclic) bond motifs is 1. The van der Waals surface area contributed by atoms with Crippen molar-refractivity contribution < 1.29 is 9.90 Å². The van der Waals surface area contributed by atoms with Gasteiger partial charge in [0.2, 0.25) is 11.9 Å². The molecule has 3 N–H and O–H groups in total. The number of nitrogens with zero attached hydrogens (tertiary/aromatic N) is 2. The van der Waals surface area contributed by atoms with E-state index < -0.39 is 6.10 Å². The van der Waals surface area contributed by atoms with Gasteiger partial charge in [0.25, 0.3) is 0 Å². The Balaban J connectivity index is 2.28. The second kappa shape index (κ2) is 6.36. The highest BCUT2D eigenvalue weighted by atomic mass is 16.3. The van der Waals surface area contributed by atoms with E-state index in [0.717, 1.165) is 11.0 Å². The topological polar surface area (TPSA) is 79.2 Å². The van der Waals surface area contributed by atoms with Crippen LogP contribution in [0, 0.1) is 0 Å². The molecule has 1 atom stereocenters. The number of anilines is 1. The number of imidazole rings is 1. The largest absolute Gasteiger partial charge is 0.392 e. The fourth-order valence-corrected chi connectivity index (χ4v) is 2.21. The lowest BCUT2D eigenvalue weighted by molar-refractivity contribution is -0.122. The number of carbonyl (C=O) groups is 1. The summed E-state index contributed by atoms with van der Waals surface area (Å²) in [5.41, 5.74) is 1.43. The van der Waals surface area contributed by atoms with Gasteiger partial charge in [0, 0.05) is 12.1 Å². The number of carbonyl (C=O) groups excluding carboxylic acids is 1. The van der Waals surface area contributed by atoms with Crippen LogP contribution in [0.3, 0.4) is 0 Å². The molecule has 22 heavy (non-hydrogen) atoms. The summed E-state index contributed by atoms with van der Waals surface area (Å²) in [4.78, 5) is 16.7. The first-order valence-electron chi connectivity index (χ1n) is 7.44. The van der Waals surface area contributed by atoms with Crippen LogP contribution >= 0.6 is 0 Å². The standard InChI is InChI=1S/C16H24N4O2/c1-11(21)9-17-15-18-12-7-5-6-8-13(12)20(15)10-14(22)19-16(2,3)4/h5-8,11,21H,9-10H2,1-4H3,(H,17,18)(H,19,22). The first kappa shape index (κ1) is 16.3. The maximum Gasteiger partial charge on any atom is 0.240 e. The Kier molecular flexibility index (Phi) is 4.71. The molecule has 120 valence electrons. The molecule has 6 nitrogen and oxygen atoms in total. The molecule has 1 amide bonds. The number of para-hydroxylation sites is 2. The Bertz CT molecular complexity index is 656. The van der Waals surface area contributed by atoms with Gasteiger partial charge in [-0.3, -0.25) is 4.79 Å². The van der Waals surface area contributed by atoms with Crippen molar-refractivity contribution in [1.29, 1.82) is 0 Å². The quantitative estimate of drug-likeness (QED) is 0.786. The van der Waals surface area contributed by atoms with Crippen molar-refractivity contribution in [3.8, 4) is 0 Å². The molecule has 0 fully saturated rings. The number of aromatic nitrogens is 2. The minimum atomic E-state index is -0.489. The molecular weight excluding hydrogens is 280 g/mol. The van der Waals surface area contributed by atoms with Gasteiger partial charge in [-0.1, -0.05) is 12.1 Å². The van der Waals surface area contributed by atoms with Gasteiger partial charge in [-0.2, -0.15) is 0 Å². The van der Waals surface area contributed by atoms with Crippen molar-refractivity contribution >= 4 is 22.9 Å². The Labute approximate surface area is 130 Å². The van der Waals surface area contributed by atoms with Crippen molar-refractivity contribution in [2.75, 3.05) is 11.9 Å². The number of rotatable bonds is 5. The van der Waals surface area contributed by atoms with Gasteiger partial charge in [-0.05, 0) is 39.8 Å². The second-order valence-corrected chi connectivity index (χ2v) is 6.54. The van der Waals surface area contributed by atoms with E-state index in [4.69, 9.17) is 0 Å². The highest BCUT2D eigenvalue weighted by molar-refractivity contribution is 5.83. The first-order valence-corrected chi connectivity index (χ1v) is 7.44. The number of amides is 1. The third-order valence-corrected chi connectivity index (χ3v) is 3.03. The normalized spacial score (nSPS) is 13.1. The Morgan fingerprint density at radius 1 is 1.36 bits per heavy atom. The smallest absolute Gasteiger partial charge is 0.240 e. The summed E-state index contributed by atoms with van der Waals surface area (Å²) >= 11 is 0. The van der Waals surface area contributed by atoms with Gasteiger partial charge in [0.05, 0.1) is 17.1 Å². The second-order valence-electron chi connectivity index (χ2n) is 6.54. The molecule has 0 saturated heterocycles. The summed E-state index contributed by atoms with van der Waals surface area (Å²) in [7, 11) is 0. The number of hydrogen-bond donors (Lipinski definition) is 3. The van der Waals surface area contributed by atoms with Crippen LogP contribution in [0.5, 0.6) is 0 Å². The first-order chi connectivity index (χ1) is 10.3. The third-order valence-electron chi connectivity index (χ3n) is 3.03. The molecule has 0 radical (unpaired) electrons. The van der Waals surface area contributed by atoms with Gasteiger partial charge in [0.1, 0.15) is 6.54 Å². The van der Waals surface area contributed by atoms with Gasteiger partial charge in [0.15, 0.2) is 0 Å². The van der Waals surface area contributed by atoms with Crippen LogP contribution in [0.15, 0.2) is 24.3 Å². The lowest BCUT2D eigenvalue weighted by Crippen LogP contribution is -2.42. The molecule has 1 heterocycles. The van der Waals surface area contributed by atoms with Crippen LogP contribution in [0.2, 0.25) is 0 Å². The Morgan fingerprint density at radius 3 is 2.68 bits per heavy atom. The number of aliphatic hydroxyl groups is 1. The fourth-order valence-electron chi connectivity index (χ4n) is 2.21. The monoisotopic (exact) mass is 304 g/mol. The Hall–Kier alpha value is -2.08. The van der Waals surface area contributed by atoms with E-state index in [1.165, 1.54) is 0 Å². The Morgan fingerprint density at radius 2 is 2.05 bits per heavy atom. The zero-order valence-electron chi connectivity index (χ0n) is 13.6. The number of hydrogen-bond acceptors (Lipinski definition) is 4. The van der Waals surface area contributed by atoms with E-state index in [0.29, 0.717) is 12.5 Å². The summed E-state index contributed by atoms with van der Waals surface area (Å²) in [6, 6.07) is 7.66. The molecule has 0 aliphatic rings. The molecule has 1 unspecified atom stereocenters. The van der Waals surface area contributed by atoms with E-state index in [-0.39, 0.29) is 18.0 Å². The summed E-state index contributed by atoms with van der Waals surface area (Å²) in [6.07, 6.45) is -0.489. The third kappa shape index (κ3) is 4.21. The number of benzene rings is 1. The van der Waals surface area contributed by atoms with Crippen LogP contribution in [-0.4, -0.2) is 38.8 Å². The van der Waals surface area contributed by atoms with Crippen molar-refractivity contribution in [3.05, 3.63) is 24.3 Å². The van der Waals surface area contributed by atoms with Crippen LogP contribution < -0.4 is 10.6 Å². The van der Waals surface area contributed by atoms with E-state index in [1.807, 2.05) is 49.6 Å². The van der Waals surface area contributed by atoms with Gasteiger partial charge in [-0.25, -0.2) is 4.98 Å². The summed E-state index contributed by atoms with van der Waals surface area (Å²) < 4.78 is 1.83. The molecule has 0 bridgehead atoms. The molecule has 0 saturated carbocycles. The van der Waals surface area contributed by atoms with Gasteiger partial charge < -0.3 is 20.3 Å². The average molecular weight is 304 g/mol. The number of nitrogens with one attached hydrogen (secondary N) is 2. The summed E-state index contributed by atoms with van der Waals surface area (Å²) in [6.45, 7) is 8.10. The number of aliphatic hydroxyl groups excluding tert-OH is 1. The molecule has 0 spiro atoms. The van der Waals surface area contributed by atoms with Gasteiger partial charge >= 0.3 is 0 Å².